The van der Waals surface area contributed by atoms with Crippen molar-refractivity contribution in [3.63, 3.8) is 0 Å². The zero-order valence-corrected chi connectivity index (χ0v) is 14.6. The second-order valence-corrected chi connectivity index (χ2v) is 6.11. The molecule has 0 aromatic heterocycles. The van der Waals surface area contributed by atoms with E-state index in [4.69, 9.17) is 11.6 Å². The van der Waals surface area contributed by atoms with Crippen LogP contribution in [0.3, 0.4) is 0 Å². The van der Waals surface area contributed by atoms with E-state index in [1.54, 1.807) is 6.92 Å². The molecule has 0 heterocycles. The van der Waals surface area contributed by atoms with E-state index < -0.39 is 11.7 Å². The molecule has 1 aromatic rings. The Morgan fingerprint density at radius 3 is 2.54 bits per heavy atom. The molecule has 0 fully saturated rings. The summed E-state index contributed by atoms with van der Waals surface area (Å²) in [6, 6.07) is 3.61. The van der Waals surface area contributed by atoms with E-state index in [1.165, 1.54) is 6.07 Å². The highest BCUT2D eigenvalue weighted by atomic mass is 35.5. The molecule has 0 saturated heterocycles. The lowest BCUT2D eigenvalue weighted by molar-refractivity contribution is -0.137. The molecule has 128 valence electrons. The number of nitrogens with zero attached hydrogens (tertiary/aromatic N) is 1. The van der Waals surface area contributed by atoms with E-state index in [0.29, 0.717) is 34.8 Å². The molecule has 0 radical (unpaired) electrons. The summed E-state index contributed by atoms with van der Waals surface area (Å²) >= 11 is 6.36. The van der Waals surface area contributed by atoms with Crippen LogP contribution in [0.25, 0.3) is 0 Å². The van der Waals surface area contributed by atoms with Gasteiger partial charge in [-0.15, -0.1) is 0 Å². The lowest BCUT2D eigenvalue weighted by atomic mass is 10.1. The molecule has 0 atom stereocenters. The summed E-state index contributed by atoms with van der Waals surface area (Å²) in [4.78, 5) is 4.49. The van der Waals surface area contributed by atoms with E-state index in [-0.39, 0.29) is 0 Å². The Bertz CT molecular complexity index is 752. The van der Waals surface area contributed by atoms with Crippen molar-refractivity contribution in [2.24, 2.45) is 4.99 Å². The van der Waals surface area contributed by atoms with Crippen LogP contribution in [0.1, 0.15) is 37.8 Å². The Morgan fingerprint density at radius 1 is 1.21 bits per heavy atom. The molecular formula is C19H19ClF3N. The Kier molecular flexibility index (Phi) is 5.70. The van der Waals surface area contributed by atoms with Gasteiger partial charge in [0, 0.05) is 16.3 Å². The maximum Gasteiger partial charge on any atom is 0.416 e. The number of alkyl halides is 3. The second-order valence-electron chi connectivity index (χ2n) is 5.70. The molecule has 24 heavy (non-hydrogen) atoms. The fourth-order valence-corrected chi connectivity index (χ4v) is 2.79. The maximum absolute atomic E-state index is 12.9. The van der Waals surface area contributed by atoms with Crippen molar-refractivity contribution in [1.29, 1.82) is 0 Å². The Labute approximate surface area is 145 Å². The van der Waals surface area contributed by atoms with Crippen molar-refractivity contribution in [3.05, 3.63) is 63.7 Å². The third-order valence-electron chi connectivity index (χ3n) is 3.81. The molecule has 0 N–H and O–H groups in total. The lowest BCUT2D eigenvalue weighted by Gasteiger charge is -2.12. The van der Waals surface area contributed by atoms with Gasteiger partial charge in [0.1, 0.15) is 0 Å². The van der Waals surface area contributed by atoms with Gasteiger partial charge in [-0.1, -0.05) is 42.3 Å². The van der Waals surface area contributed by atoms with Crippen molar-refractivity contribution in [1.82, 2.24) is 0 Å². The van der Waals surface area contributed by atoms with Crippen LogP contribution in [0, 0.1) is 6.92 Å². The number of rotatable bonds is 3. The maximum atomic E-state index is 12.9. The third-order valence-corrected chi connectivity index (χ3v) is 4.12. The largest absolute Gasteiger partial charge is 0.416 e. The number of aliphatic imine (C=N–C) groups is 1. The molecule has 0 spiro atoms. The van der Waals surface area contributed by atoms with Gasteiger partial charge in [0.05, 0.1) is 11.3 Å². The summed E-state index contributed by atoms with van der Waals surface area (Å²) in [6.45, 7) is 5.62. The van der Waals surface area contributed by atoms with Gasteiger partial charge in [0.15, 0.2) is 0 Å². The average Bonchev–Trinajstić information content (AvgIpc) is 2.66. The number of aryl methyl sites for hydroxylation is 1. The molecule has 0 saturated carbocycles. The highest BCUT2D eigenvalue weighted by Gasteiger charge is 2.30. The van der Waals surface area contributed by atoms with Crippen LogP contribution in [0.15, 0.2) is 57.6 Å². The molecule has 1 aromatic carbocycles. The van der Waals surface area contributed by atoms with E-state index in [1.807, 2.05) is 32.1 Å². The van der Waals surface area contributed by atoms with Crippen LogP contribution in [-0.2, 0) is 6.18 Å². The van der Waals surface area contributed by atoms with Crippen molar-refractivity contribution in [2.45, 2.75) is 39.8 Å². The first-order chi connectivity index (χ1) is 11.2. The van der Waals surface area contributed by atoms with Crippen molar-refractivity contribution in [3.8, 4) is 0 Å². The van der Waals surface area contributed by atoms with E-state index in [9.17, 15) is 13.2 Å². The van der Waals surface area contributed by atoms with Gasteiger partial charge < -0.3 is 0 Å². The summed E-state index contributed by atoms with van der Waals surface area (Å²) < 4.78 is 38.8. The third kappa shape index (κ3) is 4.38. The predicted octanol–water partition coefficient (Wildman–Crippen LogP) is 6.90. The topological polar surface area (TPSA) is 12.4 Å². The number of halogens is 4. The van der Waals surface area contributed by atoms with Gasteiger partial charge in [0.2, 0.25) is 0 Å². The summed E-state index contributed by atoms with van der Waals surface area (Å²) in [5, 5.41) is 0.562. The Morgan fingerprint density at radius 2 is 1.92 bits per heavy atom. The number of hydrogen-bond acceptors (Lipinski definition) is 1. The molecule has 2 rings (SSSR count). The van der Waals surface area contributed by atoms with Crippen LogP contribution in [-0.4, -0.2) is 5.71 Å². The smallest absolute Gasteiger partial charge is 0.253 e. The molecule has 1 aliphatic carbocycles. The molecule has 5 heteroatoms. The van der Waals surface area contributed by atoms with Crippen molar-refractivity contribution >= 4 is 23.0 Å². The minimum absolute atomic E-state index is 0.320. The van der Waals surface area contributed by atoms with Gasteiger partial charge in [-0.05, 0) is 50.5 Å². The Hall–Kier alpha value is -1.81. The molecule has 1 aliphatic rings. The van der Waals surface area contributed by atoms with Crippen LogP contribution >= 0.6 is 11.6 Å². The Balaban J connectivity index is 2.49. The molecule has 1 nitrogen and oxygen atoms in total. The standard InChI is InChI=1S/C19H19ClF3N/c1-4-17(15-7-5-6-12(2)10-16(15)20)24-18-11-14(19(21,22)23)9-8-13(18)3/h6-11H,4-5H2,1-3H3. The van der Waals surface area contributed by atoms with Crippen LogP contribution in [0.4, 0.5) is 18.9 Å². The van der Waals surface area contributed by atoms with E-state index in [0.717, 1.165) is 23.3 Å². The zero-order valence-electron chi connectivity index (χ0n) is 13.8. The lowest BCUT2D eigenvalue weighted by Crippen LogP contribution is -2.05. The van der Waals surface area contributed by atoms with E-state index in [2.05, 4.69) is 4.99 Å². The molecular weight excluding hydrogens is 335 g/mol. The fraction of sp³-hybridized carbons (Fsp3) is 0.316. The highest BCUT2D eigenvalue weighted by Crippen LogP contribution is 2.34. The quantitative estimate of drug-likeness (QED) is 0.524. The summed E-state index contributed by atoms with van der Waals surface area (Å²) in [5.41, 5.74) is 2.83. The minimum Gasteiger partial charge on any atom is -0.253 e. The monoisotopic (exact) mass is 353 g/mol. The van der Waals surface area contributed by atoms with Crippen LogP contribution in [0.2, 0.25) is 0 Å². The molecule has 0 bridgehead atoms. The van der Waals surface area contributed by atoms with Gasteiger partial charge >= 0.3 is 6.18 Å². The van der Waals surface area contributed by atoms with Gasteiger partial charge in [-0.25, -0.2) is 0 Å². The first-order valence-corrected chi connectivity index (χ1v) is 8.10. The van der Waals surface area contributed by atoms with Gasteiger partial charge in [0.25, 0.3) is 0 Å². The van der Waals surface area contributed by atoms with Gasteiger partial charge in [-0.2, -0.15) is 13.2 Å². The number of hydrogen-bond donors (Lipinski definition) is 0. The first kappa shape index (κ1) is 18.5. The fourth-order valence-electron chi connectivity index (χ4n) is 2.43. The molecule has 0 amide bonds. The summed E-state index contributed by atoms with van der Waals surface area (Å²) in [7, 11) is 0. The number of allylic oxidation sites excluding steroid dienone is 6. The molecule has 0 unspecified atom stereocenters. The van der Waals surface area contributed by atoms with Crippen molar-refractivity contribution in [2.75, 3.05) is 0 Å². The SMILES string of the molecule is CCC(=Nc1cc(C(F)(F)F)ccc1C)C1=CCC=C(C)C=C1Cl. The van der Waals surface area contributed by atoms with Crippen LogP contribution < -0.4 is 0 Å². The highest BCUT2D eigenvalue weighted by molar-refractivity contribution is 6.36. The minimum atomic E-state index is -4.38. The predicted molar refractivity (Wildman–Crippen MR) is 94.0 cm³/mol. The average molecular weight is 354 g/mol. The zero-order chi connectivity index (χ0) is 17.9. The van der Waals surface area contributed by atoms with E-state index >= 15 is 0 Å². The number of benzene rings is 1. The second kappa shape index (κ2) is 7.39. The normalized spacial score (nSPS) is 16.3. The molecule has 0 aliphatic heterocycles. The van der Waals surface area contributed by atoms with Gasteiger partial charge in [-0.3, -0.25) is 4.99 Å². The summed E-state index contributed by atoms with van der Waals surface area (Å²) in [5.74, 6) is 0. The first-order valence-electron chi connectivity index (χ1n) is 7.72. The summed E-state index contributed by atoms with van der Waals surface area (Å²) in [6.07, 6.45) is 2.76. The van der Waals surface area contributed by atoms with Crippen LogP contribution in [0.5, 0.6) is 0 Å². The van der Waals surface area contributed by atoms with Crippen molar-refractivity contribution < 1.29 is 13.2 Å².